The minimum absolute atomic E-state index is 0.187. The fraction of sp³-hybridized carbons (Fsp3) is 0.333. The number of aryl methyl sites for hydroxylation is 1. The zero-order chi connectivity index (χ0) is 16.7. The van der Waals surface area contributed by atoms with Crippen LogP contribution >= 0.6 is 0 Å². The van der Waals surface area contributed by atoms with E-state index >= 15 is 0 Å². The van der Waals surface area contributed by atoms with E-state index in [-0.39, 0.29) is 11.5 Å². The fourth-order valence-electron chi connectivity index (χ4n) is 2.31. The molecule has 23 heavy (non-hydrogen) atoms. The summed E-state index contributed by atoms with van der Waals surface area (Å²) in [5, 5.41) is 31.9. The fourth-order valence-corrected chi connectivity index (χ4v) is 2.31. The van der Waals surface area contributed by atoms with E-state index in [0.29, 0.717) is 12.1 Å². The van der Waals surface area contributed by atoms with Gasteiger partial charge in [0, 0.05) is 6.54 Å². The molecule has 0 saturated heterocycles. The van der Waals surface area contributed by atoms with Crippen molar-refractivity contribution in [2.24, 2.45) is 0 Å². The molecule has 0 aliphatic heterocycles. The summed E-state index contributed by atoms with van der Waals surface area (Å²) in [6.07, 6.45) is 1.19. The van der Waals surface area contributed by atoms with Gasteiger partial charge in [0.2, 0.25) is 0 Å². The Bertz CT molecular complexity index is 613. The molecule has 0 bridgehead atoms. The molecule has 0 aliphatic carbocycles. The topological polar surface area (TPSA) is 82.0 Å². The summed E-state index contributed by atoms with van der Waals surface area (Å²) in [5.74, 6) is 0.446. The number of aromatic hydroxyl groups is 2. The molecule has 0 spiro atoms. The number of methoxy groups -OCH3 is 1. The van der Waals surface area contributed by atoms with Crippen LogP contribution in [0, 0.1) is 0 Å². The lowest BCUT2D eigenvalue weighted by Crippen LogP contribution is -2.22. The molecule has 2 aromatic carbocycles. The highest BCUT2D eigenvalue weighted by atomic mass is 16.5. The molecule has 124 valence electrons. The zero-order valence-electron chi connectivity index (χ0n) is 13.2. The number of hydrogen-bond donors (Lipinski definition) is 4. The molecule has 2 rings (SSSR count). The predicted molar refractivity (Wildman–Crippen MR) is 88.9 cm³/mol. The third kappa shape index (κ3) is 5.16. The number of benzene rings is 2. The first-order valence-corrected chi connectivity index (χ1v) is 7.63. The Labute approximate surface area is 136 Å². The molecular formula is C18H23NO4. The highest BCUT2D eigenvalue weighted by Crippen LogP contribution is 2.27. The average Bonchev–Trinajstić information content (AvgIpc) is 2.57. The van der Waals surface area contributed by atoms with Gasteiger partial charge in [0.05, 0.1) is 13.2 Å². The van der Waals surface area contributed by atoms with Gasteiger partial charge in [-0.15, -0.1) is 0 Å². The van der Waals surface area contributed by atoms with Crippen molar-refractivity contribution in [2.45, 2.75) is 18.9 Å². The molecule has 0 amide bonds. The SMILES string of the molecule is COc1ccc(CCCNC[C@@H](O)c2ccc(O)c(O)c2)cc1. The molecular weight excluding hydrogens is 294 g/mol. The van der Waals surface area contributed by atoms with E-state index in [4.69, 9.17) is 4.74 Å². The van der Waals surface area contributed by atoms with E-state index in [1.807, 2.05) is 24.3 Å². The quantitative estimate of drug-likeness (QED) is 0.444. The normalized spacial score (nSPS) is 12.1. The van der Waals surface area contributed by atoms with Crippen LogP contribution in [0.3, 0.4) is 0 Å². The van der Waals surface area contributed by atoms with Crippen molar-refractivity contribution in [3.8, 4) is 17.2 Å². The van der Waals surface area contributed by atoms with E-state index < -0.39 is 6.10 Å². The van der Waals surface area contributed by atoms with Gasteiger partial charge < -0.3 is 25.4 Å². The Hall–Kier alpha value is -2.24. The zero-order valence-corrected chi connectivity index (χ0v) is 13.2. The summed E-state index contributed by atoms with van der Waals surface area (Å²) >= 11 is 0. The molecule has 0 aliphatic rings. The van der Waals surface area contributed by atoms with Crippen molar-refractivity contribution < 1.29 is 20.1 Å². The maximum absolute atomic E-state index is 10.0. The van der Waals surface area contributed by atoms with Crippen LogP contribution in [0.2, 0.25) is 0 Å². The van der Waals surface area contributed by atoms with Crippen molar-refractivity contribution in [3.05, 3.63) is 53.6 Å². The van der Waals surface area contributed by atoms with Gasteiger partial charge in [-0.05, 0) is 54.8 Å². The molecule has 5 heteroatoms. The number of rotatable bonds is 8. The lowest BCUT2D eigenvalue weighted by atomic mass is 10.1. The molecule has 0 radical (unpaired) electrons. The third-order valence-corrected chi connectivity index (χ3v) is 3.70. The molecule has 0 heterocycles. The van der Waals surface area contributed by atoms with Gasteiger partial charge in [-0.25, -0.2) is 0 Å². The van der Waals surface area contributed by atoms with Crippen LogP contribution in [0.15, 0.2) is 42.5 Å². The first kappa shape index (κ1) is 17.1. The first-order valence-electron chi connectivity index (χ1n) is 7.63. The first-order chi connectivity index (χ1) is 11.1. The average molecular weight is 317 g/mol. The number of aliphatic hydroxyl groups is 1. The Morgan fingerprint density at radius 3 is 2.43 bits per heavy atom. The van der Waals surface area contributed by atoms with E-state index in [1.54, 1.807) is 13.2 Å². The molecule has 5 nitrogen and oxygen atoms in total. The van der Waals surface area contributed by atoms with Crippen molar-refractivity contribution in [2.75, 3.05) is 20.2 Å². The summed E-state index contributed by atoms with van der Waals surface area (Å²) in [6, 6.07) is 12.3. The maximum Gasteiger partial charge on any atom is 0.157 e. The Morgan fingerprint density at radius 2 is 1.78 bits per heavy atom. The minimum Gasteiger partial charge on any atom is -0.504 e. The second kappa shape index (κ2) is 8.41. The highest BCUT2D eigenvalue weighted by molar-refractivity contribution is 5.41. The van der Waals surface area contributed by atoms with Gasteiger partial charge in [-0.2, -0.15) is 0 Å². The highest BCUT2D eigenvalue weighted by Gasteiger charge is 2.09. The van der Waals surface area contributed by atoms with Gasteiger partial charge in [-0.1, -0.05) is 18.2 Å². The van der Waals surface area contributed by atoms with Gasteiger partial charge in [-0.3, -0.25) is 0 Å². The minimum atomic E-state index is -0.720. The van der Waals surface area contributed by atoms with Gasteiger partial charge >= 0.3 is 0 Å². The molecule has 4 N–H and O–H groups in total. The van der Waals surface area contributed by atoms with E-state index in [9.17, 15) is 15.3 Å². The predicted octanol–water partition coefficient (Wildman–Crippen LogP) is 2.36. The van der Waals surface area contributed by atoms with Crippen molar-refractivity contribution in [3.63, 3.8) is 0 Å². The number of ether oxygens (including phenoxy) is 1. The third-order valence-electron chi connectivity index (χ3n) is 3.70. The largest absolute Gasteiger partial charge is 0.504 e. The molecule has 0 fully saturated rings. The van der Waals surface area contributed by atoms with Crippen molar-refractivity contribution >= 4 is 0 Å². The molecule has 0 unspecified atom stereocenters. The second-order valence-electron chi connectivity index (χ2n) is 5.42. The lowest BCUT2D eigenvalue weighted by molar-refractivity contribution is 0.174. The number of phenols is 2. The molecule has 0 aromatic heterocycles. The lowest BCUT2D eigenvalue weighted by Gasteiger charge is -2.13. The van der Waals surface area contributed by atoms with Crippen LogP contribution in [0.1, 0.15) is 23.7 Å². The number of hydrogen-bond acceptors (Lipinski definition) is 5. The summed E-state index contributed by atoms with van der Waals surface area (Å²) in [4.78, 5) is 0. The van der Waals surface area contributed by atoms with Crippen LogP contribution in [0.25, 0.3) is 0 Å². The number of phenolic OH excluding ortho intramolecular Hbond substituents is 2. The summed E-state index contributed by atoms with van der Waals surface area (Å²) in [6.45, 7) is 1.18. The molecule has 1 atom stereocenters. The van der Waals surface area contributed by atoms with Crippen LogP contribution in [0.5, 0.6) is 17.2 Å². The van der Waals surface area contributed by atoms with Crippen LogP contribution < -0.4 is 10.1 Å². The molecule has 2 aromatic rings. The van der Waals surface area contributed by atoms with Gasteiger partial charge in [0.25, 0.3) is 0 Å². The standard InChI is InChI=1S/C18H23NO4/c1-23-15-7-4-13(5-8-15)3-2-10-19-12-18(22)14-6-9-16(20)17(21)11-14/h4-9,11,18-22H,2-3,10,12H2,1H3/t18-/m1/s1. The monoisotopic (exact) mass is 317 g/mol. The van der Waals surface area contributed by atoms with Crippen molar-refractivity contribution in [1.29, 1.82) is 0 Å². The summed E-state index contributed by atoms with van der Waals surface area (Å²) in [7, 11) is 1.65. The van der Waals surface area contributed by atoms with E-state index in [1.165, 1.54) is 17.7 Å². The Kier molecular flexibility index (Phi) is 6.26. The number of nitrogens with one attached hydrogen (secondary N) is 1. The van der Waals surface area contributed by atoms with E-state index in [0.717, 1.165) is 25.1 Å². The molecule has 0 saturated carbocycles. The number of aliphatic hydroxyl groups excluding tert-OH is 1. The van der Waals surface area contributed by atoms with E-state index in [2.05, 4.69) is 5.32 Å². The smallest absolute Gasteiger partial charge is 0.157 e. The Balaban J connectivity index is 1.69. The van der Waals surface area contributed by atoms with Crippen LogP contribution in [-0.4, -0.2) is 35.5 Å². The van der Waals surface area contributed by atoms with Crippen LogP contribution in [-0.2, 0) is 6.42 Å². The Morgan fingerprint density at radius 1 is 1.04 bits per heavy atom. The summed E-state index contributed by atoms with van der Waals surface area (Å²) < 4.78 is 5.12. The van der Waals surface area contributed by atoms with Crippen LogP contribution in [0.4, 0.5) is 0 Å². The maximum atomic E-state index is 10.0. The summed E-state index contributed by atoms with van der Waals surface area (Å²) in [5.41, 5.74) is 1.82. The van der Waals surface area contributed by atoms with Gasteiger partial charge in [0.15, 0.2) is 11.5 Å². The van der Waals surface area contributed by atoms with Crippen molar-refractivity contribution in [1.82, 2.24) is 5.32 Å². The van der Waals surface area contributed by atoms with Gasteiger partial charge in [0.1, 0.15) is 5.75 Å². The second-order valence-corrected chi connectivity index (χ2v) is 5.42.